The molecule has 2 aromatic rings. The minimum atomic E-state index is -0.770. The third kappa shape index (κ3) is 5.42. The van der Waals surface area contributed by atoms with Crippen molar-refractivity contribution < 1.29 is 19.1 Å². The molecule has 9 nitrogen and oxygen atoms in total. The van der Waals surface area contributed by atoms with Crippen LogP contribution in [0.15, 0.2) is 41.2 Å². The molecule has 0 radical (unpaired) electrons. The van der Waals surface area contributed by atoms with Gasteiger partial charge in [-0.15, -0.1) is 0 Å². The van der Waals surface area contributed by atoms with Crippen molar-refractivity contribution in [1.29, 1.82) is 0 Å². The van der Waals surface area contributed by atoms with Gasteiger partial charge in [-0.2, -0.15) is 5.10 Å². The van der Waals surface area contributed by atoms with E-state index in [0.29, 0.717) is 38.2 Å². The number of hydrogen-bond donors (Lipinski definition) is 1. The van der Waals surface area contributed by atoms with Gasteiger partial charge in [-0.25, -0.2) is 9.48 Å². The average molecular weight is 428 g/mol. The molecule has 3 rings (SSSR count). The Bertz CT molecular complexity index is 965. The molecule has 1 N–H and O–H groups in total. The van der Waals surface area contributed by atoms with E-state index in [9.17, 15) is 14.4 Å². The van der Waals surface area contributed by atoms with E-state index in [1.165, 1.54) is 10.7 Å². The topological polar surface area (TPSA) is 103 Å². The standard InChI is InChI=1S/C22H28N4O5/c1-4-31-22(29)25-13-11-17(12-14-25)23-21(28)15(2)26-20(27)10-9-19(24-26)16-5-7-18(30-3)8-6-16/h5-10,15,17H,4,11-14H2,1-3H3,(H,23,28). The molecule has 0 saturated carbocycles. The molecule has 1 fully saturated rings. The summed E-state index contributed by atoms with van der Waals surface area (Å²) in [6.45, 7) is 4.79. The number of nitrogens with zero attached hydrogens (tertiary/aromatic N) is 3. The number of rotatable bonds is 6. The number of carbonyl (C=O) groups is 2. The Morgan fingerprint density at radius 1 is 1.16 bits per heavy atom. The zero-order valence-electron chi connectivity index (χ0n) is 18.0. The van der Waals surface area contributed by atoms with Crippen LogP contribution in [-0.2, 0) is 9.53 Å². The molecule has 31 heavy (non-hydrogen) atoms. The molecule has 0 bridgehead atoms. The summed E-state index contributed by atoms with van der Waals surface area (Å²) in [5.41, 5.74) is 1.05. The van der Waals surface area contributed by atoms with Crippen LogP contribution in [0.3, 0.4) is 0 Å². The highest BCUT2D eigenvalue weighted by molar-refractivity contribution is 5.80. The molecule has 166 valence electrons. The van der Waals surface area contributed by atoms with Gasteiger partial charge in [0.05, 0.1) is 19.4 Å². The Morgan fingerprint density at radius 2 is 1.84 bits per heavy atom. The predicted molar refractivity (Wildman–Crippen MR) is 115 cm³/mol. The van der Waals surface area contributed by atoms with Crippen molar-refractivity contribution in [2.75, 3.05) is 26.8 Å². The second-order valence-corrected chi connectivity index (χ2v) is 7.37. The lowest BCUT2D eigenvalue weighted by molar-refractivity contribution is -0.125. The Kier molecular flexibility index (Phi) is 7.28. The minimum absolute atomic E-state index is 0.0684. The Balaban J connectivity index is 1.65. The monoisotopic (exact) mass is 428 g/mol. The number of hydrogen-bond acceptors (Lipinski definition) is 6. The van der Waals surface area contributed by atoms with Crippen LogP contribution in [0.2, 0.25) is 0 Å². The smallest absolute Gasteiger partial charge is 0.409 e. The fourth-order valence-corrected chi connectivity index (χ4v) is 3.47. The van der Waals surface area contributed by atoms with Gasteiger partial charge in [-0.3, -0.25) is 9.59 Å². The van der Waals surface area contributed by atoms with Gasteiger partial charge in [0.1, 0.15) is 11.8 Å². The second kappa shape index (κ2) is 10.1. The first-order valence-corrected chi connectivity index (χ1v) is 10.4. The number of aromatic nitrogens is 2. The van der Waals surface area contributed by atoms with Gasteiger partial charge in [-0.05, 0) is 57.0 Å². The van der Waals surface area contributed by atoms with Crippen molar-refractivity contribution in [1.82, 2.24) is 20.0 Å². The van der Waals surface area contributed by atoms with Crippen molar-refractivity contribution in [3.05, 3.63) is 46.8 Å². The molecular formula is C22H28N4O5. The van der Waals surface area contributed by atoms with Gasteiger partial charge in [0.25, 0.3) is 5.56 Å². The summed E-state index contributed by atoms with van der Waals surface area (Å²) in [4.78, 5) is 38.6. The maximum atomic E-state index is 12.8. The van der Waals surface area contributed by atoms with Crippen LogP contribution in [-0.4, -0.2) is 59.5 Å². The molecule has 9 heteroatoms. The first-order valence-electron chi connectivity index (χ1n) is 10.4. The van der Waals surface area contributed by atoms with Gasteiger partial charge in [-0.1, -0.05) is 0 Å². The van der Waals surface area contributed by atoms with Gasteiger partial charge in [0.2, 0.25) is 5.91 Å². The van der Waals surface area contributed by atoms with Crippen LogP contribution in [0.4, 0.5) is 4.79 Å². The predicted octanol–water partition coefficient (Wildman–Crippen LogP) is 2.22. The van der Waals surface area contributed by atoms with E-state index in [0.717, 1.165) is 11.3 Å². The zero-order chi connectivity index (χ0) is 22.4. The maximum absolute atomic E-state index is 12.8. The molecule has 1 saturated heterocycles. The molecular weight excluding hydrogens is 400 g/mol. The molecule has 1 unspecified atom stereocenters. The summed E-state index contributed by atoms with van der Waals surface area (Å²) < 4.78 is 11.4. The number of amides is 2. The second-order valence-electron chi connectivity index (χ2n) is 7.37. The molecule has 0 spiro atoms. The highest BCUT2D eigenvalue weighted by Crippen LogP contribution is 2.20. The first kappa shape index (κ1) is 22.3. The highest BCUT2D eigenvalue weighted by Gasteiger charge is 2.27. The quantitative estimate of drug-likeness (QED) is 0.757. The lowest BCUT2D eigenvalue weighted by atomic mass is 10.0. The van der Waals surface area contributed by atoms with Crippen LogP contribution >= 0.6 is 0 Å². The summed E-state index contributed by atoms with van der Waals surface area (Å²) in [5, 5.41) is 7.38. The minimum Gasteiger partial charge on any atom is -0.497 e. The van der Waals surface area contributed by atoms with Crippen LogP contribution < -0.4 is 15.6 Å². The SMILES string of the molecule is CCOC(=O)N1CCC(NC(=O)C(C)n2nc(-c3ccc(OC)cc3)ccc2=O)CC1. The van der Waals surface area contributed by atoms with Gasteiger partial charge in [0.15, 0.2) is 0 Å². The highest BCUT2D eigenvalue weighted by atomic mass is 16.6. The third-order valence-corrected chi connectivity index (χ3v) is 5.32. The Morgan fingerprint density at radius 3 is 2.45 bits per heavy atom. The molecule has 2 amide bonds. The molecule has 1 aliphatic heterocycles. The molecule has 1 aromatic carbocycles. The van der Waals surface area contributed by atoms with Gasteiger partial charge < -0.3 is 19.7 Å². The van der Waals surface area contributed by atoms with Gasteiger partial charge >= 0.3 is 6.09 Å². The van der Waals surface area contributed by atoms with E-state index >= 15 is 0 Å². The van der Waals surface area contributed by atoms with E-state index in [4.69, 9.17) is 9.47 Å². The van der Waals surface area contributed by atoms with Crippen molar-refractivity contribution in [3.8, 4) is 17.0 Å². The van der Waals surface area contributed by atoms with E-state index in [-0.39, 0.29) is 23.6 Å². The average Bonchev–Trinajstić information content (AvgIpc) is 2.79. The number of benzene rings is 1. The summed E-state index contributed by atoms with van der Waals surface area (Å²) >= 11 is 0. The zero-order valence-corrected chi connectivity index (χ0v) is 18.0. The Hall–Kier alpha value is -3.36. The van der Waals surface area contributed by atoms with Crippen molar-refractivity contribution >= 4 is 12.0 Å². The van der Waals surface area contributed by atoms with Gasteiger partial charge in [0, 0.05) is 30.8 Å². The summed E-state index contributed by atoms with van der Waals surface area (Å²) in [6.07, 6.45) is 0.934. The molecule has 1 aliphatic rings. The Labute approximate surface area is 181 Å². The number of ether oxygens (including phenoxy) is 2. The summed E-state index contributed by atoms with van der Waals surface area (Å²) in [5.74, 6) is 0.440. The number of piperidine rings is 1. The summed E-state index contributed by atoms with van der Waals surface area (Å²) in [7, 11) is 1.59. The fourth-order valence-electron chi connectivity index (χ4n) is 3.47. The van der Waals surface area contributed by atoms with Crippen molar-refractivity contribution in [2.45, 2.75) is 38.8 Å². The number of methoxy groups -OCH3 is 1. The van der Waals surface area contributed by atoms with Crippen LogP contribution in [0.5, 0.6) is 5.75 Å². The lowest BCUT2D eigenvalue weighted by Crippen LogP contribution is -2.48. The number of nitrogens with one attached hydrogen (secondary N) is 1. The normalized spacial score (nSPS) is 15.3. The van der Waals surface area contributed by atoms with Crippen LogP contribution in [0.25, 0.3) is 11.3 Å². The van der Waals surface area contributed by atoms with E-state index < -0.39 is 6.04 Å². The van der Waals surface area contributed by atoms with E-state index in [1.54, 1.807) is 31.9 Å². The number of likely N-dealkylation sites (tertiary alicyclic amines) is 1. The fraction of sp³-hybridized carbons (Fsp3) is 0.455. The van der Waals surface area contributed by atoms with Crippen LogP contribution in [0, 0.1) is 0 Å². The van der Waals surface area contributed by atoms with Crippen LogP contribution in [0.1, 0.15) is 32.7 Å². The van der Waals surface area contributed by atoms with E-state index in [1.807, 2.05) is 24.3 Å². The molecule has 1 aromatic heterocycles. The molecule has 2 heterocycles. The third-order valence-electron chi connectivity index (χ3n) is 5.32. The van der Waals surface area contributed by atoms with Crippen molar-refractivity contribution in [2.24, 2.45) is 0 Å². The van der Waals surface area contributed by atoms with Crippen molar-refractivity contribution in [3.63, 3.8) is 0 Å². The first-order chi connectivity index (χ1) is 14.9. The largest absolute Gasteiger partial charge is 0.497 e. The lowest BCUT2D eigenvalue weighted by Gasteiger charge is -2.32. The number of carbonyl (C=O) groups excluding carboxylic acids is 2. The maximum Gasteiger partial charge on any atom is 0.409 e. The van der Waals surface area contributed by atoms with E-state index in [2.05, 4.69) is 10.4 Å². The molecule has 0 aliphatic carbocycles. The molecule has 1 atom stereocenters. The summed E-state index contributed by atoms with van der Waals surface area (Å²) in [6, 6.07) is 9.52.